The molecule has 1 amide bonds. The average Bonchev–Trinajstić information content (AvgIpc) is 2.31. The molecule has 0 bridgehead atoms. The minimum absolute atomic E-state index is 0.163. The van der Waals surface area contributed by atoms with E-state index in [4.69, 9.17) is 21.8 Å². The van der Waals surface area contributed by atoms with Crippen molar-refractivity contribution in [2.75, 3.05) is 6.61 Å². The molecule has 1 aromatic carbocycles. The molecule has 0 spiro atoms. The molecule has 0 unspecified atom stereocenters. The normalized spacial score (nSPS) is 11.9. The van der Waals surface area contributed by atoms with Gasteiger partial charge in [-0.25, -0.2) is 9.18 Å². The Kier molecular flexibility index (Phi) is 5.06. The van der Waals surface area contributed by atoms with Crippen LogP contribution in [0, 0.1) is 5.82 Å². The topological polar surface area (TPSA) is 86.6 Å². The van der Waals surface area contributed by atoms with Crippen molar-refractivity contribution >= 4 is 23.5 Å². The smallest absolute Gasteiger partial charge is 0.326 e. The maximum atomic E-state index is 13.3. The van der Waals surface area contributed by atoms with Crippen molar-refractivity contribution < 1.29 is 24.2 Å². The van der Waals surface area contributed by atoms with Crippen molar-refractivity contribution in [1.29, 1.82) is 0 Å². The van der Waals surface area contributed by atoms with Crippen molar-refractivity contribution in [3.63, 3.8) is 0 Å². The quantitative estimate of drug-likeness (QED) is 0.749. The van der Waals surface area contributed by atoms with E-state index in [-0.39, 0.29) is 17.0 Å². The highest BCUT2D eigenvalue weighted by Crippen LogP contribution is 2.15. The number of amides is 1. The number of rotatable bonds is 5. The molecule has 98 valence electrons. The van der Waals surface area contributed by atoms with Gasteiger partial charge in [0, 0.05) is 18.1 Å². The van der Waals surface area contributed by atoms with Gasteiger partial charge in [0.2, 0.25) is 0 Å². The number of carbonyl (C=O) groups is 2. The molecule has 0 aliphatic rings. The van der Waals surface area contributed by atoms with Gasteiger partial charge in [0.05, 0.1) is 5.56 Å². The third kappa shape index (κ3) is 3.68. The molecule has 0 saturated heterocycles. The molecule has 1 aromatic rings. The number of nitrogens with one attached hydrogen (secondary N) is 1. The predicted molar refractivity (Wildman–Crippen MR) is 62.0 cm³/mol. The van der Waals surface area contributed by atoms with Crippen molar-refractivity contribution in [3.8, 4) is 0 Å². The van der Waals surface area contributed by atoms with Crippen LogP contribution >= 0.6 is 11.6 Å². The van der Waals surface area contributed by atoms with Gasteiger partial charge in [0.1, 0.15) is 11.9 Å². The van der Waals surface area contributed by atoms with Crippen LogP contribution in [-0.2, 0) is 4.79 Å². The summed E-state index contributed by atoms with van der Waals surface area (Å²) < 4.78 is 13.3. The standard InChI is InChI=1S/C11H11ClFNO4/c12-6-1-2-8(13)7(5-6)10(16)14-9(3-4-15)11(17)18/h1-2,5,9,15H,3-4H2,(H,14,16)(H,17,18)/t9-/m0/s1. The zero-order chi connectivity index (χ0) is 13.7. The van der Waals surface area contributed by atoms with E-state index in [0.29, 0.717) is 0 Å². The van der Waals surface area contributed by atoms with Gasteiger partial charge in [-0.2, -0.15) is 0 Å². The lowest BCUT2D eigenvalue weighted by Crippen LogP contribution is -2.41. The van der Waals surface area contributed by atoms with E-state index < -0.39 is 30.3 Å². The van der Waals surface area contributed by atoms with Crippen LogP contribution in [0.5, 0.6) is 0 Å². The van der Waals surface area contributed by atoms with Crippen LogP contribution in [0.1, 0.15) is 16.8 Å². The zero-order valence-corrected chi connectivity index (χ0v) is 9.95. The lowest BCUT2D eigenvalue weighted by atomic mass is 10.1. The Hall–Kier alpha value is -1.66. The molecule has 18 heavy (non-hydrogen) atoms. The second-order valence-electron chi connectivity index (χ2n) is 3.50. The van der Waals surface area contributed by atoms with Crippen molar-refractivity contribution in [2.45, 2.75) is 12.5 Å². The number of aliphatic hydroxyl groups is 1. The zero-order valence-electron chi connectivity index (χ0n) is 9.19. The molecule has 3 N–H and O–H groups in total. The number of benzene rings is 1. The molecule has 5 nitrogen and oxygen atoms in total. The second-order valence-corrected chi connectivity index (χ2v) is 3.94. The summed E-state index contributed by atoms with van der Waals surface area (Å²) in [5.41, 5.74) is -0.341. The van der Waals surface area contributed by atoms with Gasteiger partial charge in [0.15, 0.2) is 0 Å². The van der Waals surface area contributed by atoms with E-state index >= 15 is 0 Å². The van der Waals surface area contributed by atoms with Gasteiger partial charge in [-0.3, -0.25) is 4.79 Å². The number of carboxylic acids is 1. The minimum Gasteiger partial charge on any atom is -0.480 e. The molecular formula is C11H11ClFNO4. The molecule has 0 aromatic heterocycles. The summed E-state index contributed by atoms with van der Waals surface area (Å²) in [5, 5.41) is 19.7. The van der Waals surface area contributed by atoms with E-state index in [9.17, 15) is 14.0 Å². The number of hydrogen-bond acceptors (Lipinski definition) is 3. The molecule has 0 aliphatic heterocycles. The number of carbonyl (C=O) groups excluding carboxylic acids is 1. The van der Waals surface area contributed by atoms with E-state index in [1.807, 2.05) is 0 Å². The first-order valence-corrected chi connectivity index (χ1v) is 5.43. The highest BCUT2D eigenvalue weighted by Gasteiger charge is 2.21. The predicted octanol–water partition coefficient (Wildman–Crippen LogP) is 1.04. The summed E-state index contributed by atoms with van der Waals surface area (Å²) in [6, 6.07) is 2.11. The maximum Gasteiger partial charge on any atom is 0.326 e. The molecule has 0 aliphatic carbocycles. The molecule has 0 fully saturated rings. The van der Waals surface area contributed by atoms with Crippen molar-refractivity contribution in [2.24, 2.45) is 0 Å². The van der Waals surface area contributed by atoms with E-state index in [1.54, 1.807) is 0 Å². The van der Waals surface area contributed by atoms with Crippen LogP contribution in [0.3, 0.4) is 0 Å². The number of hydrogen-bond donors (Lipinski definition) is 3. The summed E-state index contributed by atoms with van der Waals surface area (Å²) in [6.07, 6.45) is -0.163. The van der Waals surface area contributed by atoms with Crippen molar-refractivity contribution in [3.05, 3.63) is 34.6 Å². The first-order valence-electron chi connectivity index (χ1n) is 5.05. The van der Waals surface area contributed by atoms with Gasteiger partial charge in [-0.15, -0.1) is 0 Å². The summed E-state index contributed by atoms with van der Waals surface area (Å²) in [5.74, 6) is -3.00. The van der Waals surface area contributed by atoms with Gasteiger partial charge in [-0.1, -0.05) is 11.6 Å². The Bertz CT molecular complexity index is 466. The van der Waals surface area contributed by atoms with Crippen LogP contribution in [0.2, 0.25) is 5.02 Å². The first kappa shape index (κ1) is 14.4. The summed E-state index contributed by atoms with van der Waals surface area (Å²) in [7, 11) is 0. The van der Waals surface area contributed by atoms with E-state index in [1.165, 1.54) is 6.07 Å². The molecule has 0 heterocycles. The summed E-state index contributed by atoms with van der Waals surface area (Å²) in [6.45, 7) is -0.407. The molecule has 0 radical (unpaired) electrons. The number of halogens is 2. The lowest BCUT2D eigenvalue weighted by molar-refractivity contribution is -0.139. The van der Waals surface area contributed by atoms with Crippen LogP contribution in [0.15, 0.2) is 18.2 Å². The monoisotopic (exact) mass is 275 g/mol. The Morgan fingerprint density at radius 1 is 1.44 bits per heavy atom. The number of aliphatic carboxylic acids is 1. The third-order valence-electron chi connectivity index (χ3n) is 2.19. The second kappa shape index (κ2) is 6.32. The summed E-state index contributed by atoms with van der Waals surface area (Å²) in [4.78, 5) is 22.4. The average molecular weight is 276 g/mol. The van der Waals surface area contributed by atoms with Crippen molar-refractivity contribution in [1.82, 2.24) is 5.32 Å². The highest BCUT2D eigenvalue weighted by molar-refractivity contribution is 6.31. The van der Waals surface area contributed by atoms with Gasteiger partial charge in [0.25, 0.3) is 5.91 Å². The first-order chi connectivity index (χ1) is 8.45. The van der Waals surface area contributed by atoms with Crippen LogP contribution in [0.4, 0.5) is 4.39 Å². The third-order valence-corrected chi connectivity index (χ3v) is 2.43. The van der Waals surface area contributed by atoms with Crippen LogP contribution in [0.25, 0.3) is 0 Å². The number of aliphatic hydroxyl groups excluding tert-OH is 1. The molecule has 0 saturated carbocycles. The van der Waals surface area contributed by atoms with E-state index in [2.05, 4.69) is 5.32 Å². The fourth-order valence-electron chi connectivity index (χ4n) is 1.29. The molecule has 1 atom stereocenters. The van der Waals surface area contributed by atoms with Gasteiger partial charge < -0.3 is 15.5 Å². The largest absolute Gasteiger partial charge is 0.480 e. The highest BCUT2D eigenvalue weighted by atomic mass is 35.5. The maximum absolute atomic E-state index is 13.3. The Balaban J connectivity index is 2.86. The lowest BCUT2D eigenvalue weighted by Gasteiger charge is -2.13. The van der Waals surface area contributed by atoms with E-state index in [0.717, 1.165) is 12.1 Å². The summed E-state index contributed by atoms with van der Waals surface area (Å²) >= 11 is 5.62. The molecule has 7 heteroatoms. The SMILES string of the molecule is O=C(N[C@@H](CCO)C(=O)O)c1cc(Cl)ccc1F. The number of carboxylic acid groups (broad SMARTS) is 1. The Morgan fingerprint density at radius 3 is 2.67 bits per heavy atom. The van der Waals surface area contributed by atoms with Gasteiger partial charge in [-0.05, 0) is 18.2 Å². The fraction of sp³-hybridized carbons (Fsp3) is 0.273. The Morgan fingerprint density at radius 2 is 2.11 bits per heavy atom. The molecular weight excluding hydrogens is 265 g/mol. The Labute approximate surface area is 107 Å². The van der Waals surface area contributed by atoms with Gasteiger partial charge >= 0.3 is 5.97 Å². The fourth-order valence-corrected chi connectivity index (χ4v) is 1.47. The van der Waals surface area contributed by atoms with Crippen LogP contribution < -0.4 is 5.32 Å². The molecule has 1 rings (SSSR count). The minimum atomic E-state index is -1.31. The van der Waals surface area contributed by atoms with Crippen LogP contribution in [-0.4, -0.2) is 34.7 Å².